The van der Waals surface area contributed by atoms with E-state index < -0.39 is 27.7 Å². The molecule has 4 N–H and O–H groups in total. The van der Waals surface area contributed by atoms with Crippen LogP contribution in [0.1, 0.15) is 23.2 Å². The highest BCUT2D eigenvalue weighted by Crippen LogP contribution is 2.20. The Morgan fingerprint density at radius 1 is 0.931 bits per heavy atom. The second-order valence-electron chi connectivity index (χ2n) is 6.30. The van der Waals surface area contributed by atoms with E-state index in [2.05, 4.69) is 31.4 Å². The van der Waals surface area contributed by atoms with Crippen molar-refractivity contribution in [1.82, 2.24) is 16.2 Å². The third-order valence-electron chi connectivity index (χ3n) is 3.91. The first-order valence-electron chi connectivity index (χ1n) is 8.54. The average Bonchev–Trinajstić information content (AvgIpc) is 3.51. The summed E-state index contributed by atoms with van der Waals surface area (Å²) in [4.78, 5) is 35.3. The molecule has 29 heavy (non-hydrogen) atoms. The third kappa shape index (κ3) is 5.78. The molecule has 0 unspecified atom stereocenters. The Morgan fingerprint density at radius 3 is 2.28 bits per heavy atom. The van der Waals surface area contributed by atoms with Gasteiger partial charge in [-0.1, -0.05) is 22.0 Å². The Balaban J connectivity index is 1.64. The van der Waals surface area contributed by atoms with Crippen LogP contribution in [-0.2, 0) is 19.6 Å². The van der Waals surface area contributed by atoms with E-state index in [9.17, 15) is 22.8 Å². The summed E-state index contributed by atoms with van der Waals surface area (Å²) in [7, 11) is -3.93. The number of sulfonamides is 1. The number of hydrogen-bond donors (Lipinski definition) is 4. The molecule has 0 radical (unpaired) electrons. The van der Waals surface area contributed by atoms with Gasteiger partial charge in [-0.2, -0.15) is 0 Å². The fraction of sp³-hybridized carbons (Fsp3) is 0.167. The second-order valence-corrected chi connectivity index (χ2v) is 8.89. The van der Waals surface area contributed by atoms with Crippen LogP contribution in [0.4, 0.5) is 5.69 Å². The molecular formula is C18H17BrN4O5S. The number of hydrogen-bond acceptors (Lipinski definition) is 5. The molecule has 0 heterocycles. The number of halogens is 1. The van der Waals surface area contributed by atoms with Crippen molar-refractivity contribution < 1.29 is 22.8 Å². The summed E-state index contributed by atoms with van der Waals surface area (Å²) in [5.41, 5.74) is 4.44. The zero-order valence-electron chi connectivity index (χ0n) is 14.9. The number of nitrogens with one attached hydrogen (secondary N) is 4. The summed E-state index contributed by atoms with van der Waals surface area (Å²) in [6.45, 7) is 0. The molecule has 11 heteroatoms. The van der Waals surface area contributed by atoms with E-state index in [1.165, 1.54) is 18.2 Å². The van der Waals surface area contributed by atoms with E-state index in [1.807, 2.05) is 5.43 Å². The van der Waals surface area contributed by atoms with E-state index in [0.29, 0.717) is 5.69 Å². The Labute approximate surface area is 175 Å². The lowest BCUT2D eigenvalue weighted by molar-refractivity contribution is -0.139. The van der Waals surface area contributed by atoms with Crippen LogP contribution in [0, 0.1) is 0 Å². The topological polar surface area (TPSA) is 133 Å². The normalized spacial score (nSPS) is 13.3. The minimum absolute atomic E-state index is 0.00377. The van der Waals surface area contributed by atoms with Crippen molar-refractivity contribution in [2.45, 2.75) is 23.8 Å². The predicted molar refractivity (Wildman–Crippen MR) is 108 cm³/mol. The molecule has 1 aliphatic carbocycles. The molecule has 1 fully saturated rings. The number of hydrazine groups is 1. The van der Waals surface area contributed by atoms with Crippen LogP contribution in [0.3, 0.4) is 0 Å². The van der Waals surface area contributed by atoms with Gasteiger partial charge >= 0.3 is 11.8 Å². The van der Waals surface area contributed by atoms with Crippen LogP contribution in [0.2, 0.25) is 0 Å². The number of rotatable bonds is 5. The van der Waals surface area contributed by atoms with E-state index in [0.717, 1.165) is 23.4 Å². The van der Waals surface area contributed by atoms with Crippen molar-refractivity contribution in [3.8, 4) is 0 Å². The van der Waals surface area contributed by atoms with Gasteiger partial charge in [0, 0.05) is 21.8 Å². The highest BCUT2D eigenvalue weighted by Gasteiger charge is 2.26. The molecular weight excluding hydrogens is 464 g/mol. The van der Waals surface area contributed by atoms with Crippen molar-refractivity contribution >= 4 is 49.4 Å². The molecule has 1 aliphatic rings. The summed E-state index contributed by atoms with van der Waals surface area (Å²) >= 11 is 3.27. The van der Waals surface area contributed by atoms with Crippen LogP contribution in [0.25, 0.3) is 0 Å². The van der Waals surface area contributed by atoms with E-state index >= 15 is 0 Å². The number of carbonyl (C=O) groups is 3. The smallest absolute Gasteiger partial charge is 0.327 e. The van der Waals surface area contributed by atoms with Crippen molar-refractivity contribution in [3.63, 3.8) is 0 Å². The summed E-state index contributed by atoms with van der Waals surface area (Å²) in [6.07, 6.45) is 1.64. The highest BCUT2D eigenvalue weighted by atomic mass is 79.9. The monoisotopic (exact) mass is 480 g/mol. The molecule has 0 atom stereocenters. The van der Waals surface area contributed by atoms with E-state index in [-0.39, 0.29) is 16.5 Å². The van der Waals surface area contributed by atoms with Crippen molar-refractivity contribution in [2.75, 3.05) is 4.72 Å². The van der Waals surface area contributed by atoms with Crippen molar-refractivity contribution in [3.05, 3.63) is 58.6 Å². The number of benzene rings is 2. The molecule has 0 saturated heterocycles. The quantitative estimate of drug-likeness (QED) is 0.377. The Morgan fingerprint density at radius 2 is 1.62 bits per heavy atom. The maximum Gasteiger partial charge on any atom is 0.327 e. The fourth-order valence-corrected chi connectivity index (χ4v) is 3.63. The van der Waals surface area contributed by atoms with Crippen LogP contribution in [-0.4, -0.2) is 32.2 Å². The molecule has 2 aromatic carbocycles. The minimum atomic E-state index is -3.93. The predicted octanol–water partition coefficient (Wildman–Crippen LogP) is 1.29. The lowest BCUT2D eigenvalue weighted by atomic mass is 10.2. The van der Waals surface area contributed by atoms with Gasteiger partial charge in [0.05, 0.1) is 4.90 Å². The van der Waals surface area contributed by atoms with Gasteiger partial charge in [-0.05, 0) is 55.3 Å². The molecule has 0 aromatic heterocycles. The van der Waals surface area contributed by atoms with Gasteiger partial charge in [0.2, 0.25) is 0 Å². The minimum Gasteiger partial charge on any atom is -0.345 e. The molecule has 3 amide bonds. The third-order valence-corrected chi connectivity index (χ3v) is 5.82. The van der Waals surface area contributed by atoms with Gasteiger partial charge in [0.1, 0.15) is 0 Å². The maximum atomic E-state index is 12.5. The van der Waals surface area contributed by atoms with Gasteiger partial charge in [0.15, 0.2) is 0 Å². The number of anilines is 1. The largest absolute Gasteiger partial charge is 0.345 e. The Hall–Kier alpha value is -2.92. The molecule has 0 aliphatic heterocycles. The first-order valence-corrected chi connectivity index (χ1v) is 10.8. The van der Waals surface area contributed by atoms with Crippen LogP contribution < -0.4 is 20.9 Å². The second kappa shape index (κ2) is 8.62. The van der Waals surface area contributed by atoms with Gasteiger partial charge in [-0.25, -0.2) is 8.42 Å². The first-order chi connectivity index (χ1) is 13.7. The molecule has 0 spiro atoms. The lowest BCUT2D eigenvalue weighted by Crippen LogP contribution is -2.49. The van der Waals surface area contributed by atoms with Gasteiger partial charge in [0.25, 0.3) is 15.9 Å². The zero-order chi connectivity index (χ0) is 21.0. The maximum absolute atomic E-state index is 12.5. The van der Waals surface area contributed by atoms with Gasteiger partial charge in [-0.3, -0.25) is 30.0 Å². The zero-order valence-corrected chi connectivity index (χ0v) is 17.3. The van der Waals surface area contributed by atoms with Gasteiger partial charge < -0.3 is 5.32 Å². The molecule has 152 valence electrons. The van der Waals surface area contributed by atoms with Crippen molar-refractivity contribution in [1.29, 1.82) is 0 Å². The molecule has 9 nitrogen and oxygen atoms in total. The molecule has 3 rings (SSSR count). The molecule has 0 bridgehead atoms. The van der Waals surface area contributed by atoms with E-state index in [4.69, 9.17) is 0 Å². The number of carbonyl (C=O) groups excluding carboxylic acids is 3. The van der Waals surface area contributed by atoms with E-state index in [1.54, 1.807) is 24.3 Å². The fourth-order valence-electron chi connectivity index (χ4n) is 2.26. The molecule has 2 aromatic rings. The van der Waals surface area contributed by atoms with Gasteiger partial charge in [-0.15, -0.1) is 0 Å². The van der Waals surface area contributed by atoms with Crippen molar-refractivity contribution in [2.24, 2.45) is 0 Å². The summed E-state index contributed by atoms with van der Waals surface area (Å²) in [5.74, 6) is -2.62. The lowest BCUT2D eigenvalue weighted by Gasteiger charge is -2.10. The summed E-state index contributed by atoms with van der Waals surface area (Å²) < 4.78 is 28.3. The standard InChI is InChI=1S/C18H17BrN4O5S/c19-12-4-6-14(7-5-12)23-29(27,28)15-3-1-2-11(10-15)16(24)21-22-18(26)17(25)20-13-8-9-13/h1-7,10,13,23H,8-9H2,(H,20,25)(H,21,24)(H,22,26). The Kier molecular flexibility index (Phi) is 6.18. The summed E-state index contributed by atoms with van der Waals surface area (Å²) in [6, 6.07) is 11.8. The Bertz CT molecular complexity index is 1050. The van der Waals surface area contributed by atoms with Crippen LogP contribution in [0.5, 0.6) is 0 Å². The highest BCUT2D eigenvalue weighted by molar-refractivity contribution is 9.10. The SMILES string of the molecule is O=C(NNC(=O)c1cccc(S(=O)(=O)Nc2ccc(Br)cc2)c1)C(=O)NC1CC1. The number of amides is 3. The van der Waals surface area contributed by atoms with Crippen LogP contribution in [0.15, 0.2) is 57.9 Å². The average molecular weight is 481 g/mol. The molecule has 1 saturated carbocycles. The van der Waals surface area contributed by atoms with Crippen LogP contribution >= 0.6 is 15.9 Å². The summed E-state index contributed by atoms with van der Waals surface area (Å²) in [5, 5.41) is 2.48. The first kappa shape index (κ1) is 20.8.